The SMILES string of the molecule is CC(=O)N(CCNC(=O)Cc1cccs1)Cc1cccc(C)c1. The van der Waals surface area contributed by atoms with E-state index in [0.29, 0.717) is 26.1 Å². The molecule has 2 aromatic rings. The first-order valence-corrected chi connectivity index (χ1v) is 8.52. The molecule has 23 heavy (non-hydrogen) atoms. The van der Waals surface area contributed by atoms with Crippen molar-refractivity contribution in [2.45, 2.75) is 26.8 Å². The molecule has 0 aliphatic carbocycles. The fraction of sp³-hybridized carbons (Fsp3) is 0.333. The minimum absolute atomic E-state index is 0.00786. The molecule has 0 unspecified atom stereocenters. The van der Waals surface area contributed by atoms with Gasteiger partial charge in [-0.1, -0.05) is 35.9 Å². The maximum atomic E-state index is 11.9. The molecular formula is C18H22N2O2S. The molecule has 0 saturated carbocycles. The lowest BCUT2D eigenvalue weighted by Crippen LogP contribution is -2.37. The lowest BCUT2D eigenvalue weighted by Gasteiger charge is -2.21. The minimum atomic E-state index is -0.00786. The summed E-state index contributed by atoms with van der Waals surface area (Å²) in [4.78, 5) is 26.4. The van der Waals surface area contributed by atoms with Crippen molar-refractivity contribution in [1.82, 2.24) is 10.2 Å². The van der Waals surface area contributed by atoms with Crippen molar-refractivity contribution in [2.24, 2.45) is 0 Å². The van der Waals surface area contributed by atoms with Crippen LogP contribution in [0.15, 0.2) is 41.8 Å². The number of hydrogen-bond acceptors (Lipinski definition) is 3. The first-order valence-electron chi connectivity index (χ1n) is 7.65. The second-order valence-electron chi connectivity index (χ2n) is 5.54. The van der Waals surface area contributed by atoms with Crippen LogP contribution in [0, 0.1) is 6.92 Å². The molecule has 0 aliphatic rings. The van der Waals surface area contributed by atoms with Crippen LogP contribution < -0.4 is 5.32 Å². The Balaban J connectivity index is 1.80. The molecule has 5 heteroatoms. The molecule has 1 N–H and O–H groups in total. The van der Waals surface area contributed by atoms with Crippen LogP contribution in [0.1, 0.15) is 22.9 Å². The number of aryl methyl sites for hydroxylation is 1. The number of rotatable bonds is 7. The summed E-state index contributed by atoms with van der Waals surface area (Å²) in [5.41, 5.74) is 2.28. The van der Waals surface area contributed by atoms with Crippen molar-refractivity contribution < 1.29 is 9.59 Å². The number of hydrogen-bond donors (Lipinski definition) is 1. The number of thiophene rings is 1. The van der Waals surface area contributed by atoms with Gasteiger partial charge in [0.2, 0.25) is 11.8 Å². The number of amides is 2. The second kappa shape index (κ2) is 8.48. The van der Waals surface area contributed by atoms with Gasteiger partial charge in [0, 0.05) is 31.4 Å². The zero-order valence-electron chi connectivity index (χ0n) is 13.5. The monoisotopic (exact) mass is 330 g/mol. The van der Waals surface area contributed by atoms with Gasteiger partial charge in [0.15, 0.2) is 0 Å². The van der Waals surface area contributed by atoms with E-state index in [4.69, 9.17) is 0 Å². The Morgan fingerprint density at radius 1 is 1.22 bits per heavy atom. The third-order valence-electron chi connectivity index (χ3n) is 3.52. The van der Waals surface area contributed by atoms with Crippen molar-refractivity contribution in [3.8, 4) is 0 Å². The van der Waals surface area contributed by atoms with Gasteiger partial charge in [0.1, 0.15) is 0 Å². The highest BCUT2D eigenvalue weighted by Gasteiger charge is 2.10. The number of nitrogens with one attached hydrogen (secondary N) is 1. The van der Waals surface area contributed by atoms with Crippen LogP contribution in [0.2, 0.25) is 0 Å². The molecule has 1 aromatic heterocycles. The van der Waals surface area contributed by atoms with E-state index in [1.165, 1.54) is 5.56 Å². The third-order valence-corrected chi connectivity index (χ3v) is 4.40. The standard InChI is InChI=1S/C18H22N2O2S/c1-14-5-3-6-16(11-14)13-20(15(2)21)9-8-19-18(22)12-17-7-4-10-23-17/h3-7,10-11H,8-9,12-13H2,1-2H3,(H,19,22). The Morgan fingerprint density at radius 3 is 2.70 bits per heavy atom. The average Bonchev–Trinajstić information content (AvgIpc) is 2.99. The molecular weight excluding hydrogens is 308 g/mol. The van der Waals surface area contributed by atoms with E-state index >= 15 is 0 Å². The first kappa shape index (κ1) is 17.2. The molecule has 1 aromatic carbocycles. The summed E-state index contributed by atoms with van der Waals surface area (Å²) in [5, 5.41) is 4.84. The van der Waals surface area contributed by atoms with E-state index in [1.54, 1.807) is 23.2 Å². The van der Waals surface area contributed by atoms with Gasteiger partial charge in [0.25, 0.3) is 0 Å². The molecule has 0 radical (unpaired) electrons. The lowest BCUT2D eigenvalue weighted by molar-refractivity contribution is -0.130. The van der Waals surface area contributed by atoms with E-state index in [0.717, 1.165) is 10.4 Å². The van der Waals surface area contributed by atoms with Crippen LogP contribution in [-0.4, -0.2) is 29.8 Å². The highest BCUT2D eigenvalue weighted by molar-refractivity contribution is 7.10. The molecule has 4 nitrogen and oxygen atoms in total. The number of carbonyl (C=O) groups excluding carboxylic acids is 2. The van der Waals surface area contributed by atoms with E-state index < -0.39 is 0 Å². The molecule has 0 bridgehead atoms. The highest BCUT2D eigenvalue weighted by atomic mass is 32.1. The summed E-state index contributed by atoms with van der Waals surface area (Å²) in [6.45, 7) is 5.14. The van der Waals surface area contributed by atoms with Crippen molar-refractivity contribution in [2.75, 3.05) is 13.1 Å². The van der Waals surface area contributed by atoms with Gasteiger partial charge in [0.05, 0.1) is 6.42 Å². The number of benzene rings is 1. The summed E-state index contributed by atoms with van der Waals surface area (Å²) < 4.78 is 0. The Bertz CT molecular complexity index is 653. The summed E-state index contributed by atoms with van der Waals surface area (Å²) >= 11 is 1.57. The van der Waals surface area contributed by atoms with E-state index in [-0.39, 0.29) is 11.8 Å². The molecule has 1 heterocycles. The summed E-state index contributed by atoms with van der Waals surface area (Å²) in [7, 11) is 0. The molecule has 2 amide bonds. The molecule has 0 fully saturated rings. The highest BCUT2D eigenvalue weighted by Crippen LogP contribution is 2.09. The van der Waals surface area contributed by atoms with Gasteiger partial charge >= 0.3 is 0 Å². The second-order valence-corrected chi connectivity index (χ2v) is 6.57. The van der Waals surface area contributed by atoms with Crippen molar-refractivity contribution in [1.29, 1.82) is 0 Å². The maximum absolute atomic E-state index is 11.9. The van der Waals surface area contributed by atoms with Gasteiger partial charge in [-0.05, 0) is 23.9 Å². The Hall–Kier alpha value is -2.14. The largest absolute Gasteiger partial charge is 0.354 e. The molecule has 0 atom stereocenters. The zero-order valence-corrected chi connectivity index (χ0v) is 14.4. The van der Waals surface area contributed by atoms with Gasteiger partial charge in [-0.2, -0.15) is 0 Å². The molecule has 0 aliphatic heterocycles. The van der Waals surface area contributed by atoms with Crippen molar-refractivity contribution in [3.05, 3.63) is 57.8 Å². The third kappa shape index (κ3) is 5.87. The van der Waals surface area contributed by atoms with Crippen LogP contribution in [0.25, 0.3) is 0 Å². The lowest BCUT2D eigenvalue weighted by atomic mass is 10.1. The van der Waals surface area contributed by atoms with E-state index in [9.17, 15) is 9.59 Å². The van der Waals surface area contributed by atoms with Crippen molar-refractivity contribution in [3.63, 3.8) is 0 Å². The fourth-order valence-corrected chi connectivity index (χ4v) is 3.05. The number of nitrogens with zero attached hydrogens (tertiary/aromatic N) is 1. The molecule has 0 saturated heterocycles. The van der Waals surface area contributed by atoms with Gasteiger partial charge in [-0.3, -0.25) is 9.59 Å². The van der Waals surface area contributed by atoms with Crippen LogP contribution in [-0.2, 0) is 22.6 Å². The predicted octanol–water partition coefficient (Wildman–Crippen LogP) is 2.76. The quantitative estimate of drug-likeness (QED) is 0.849. The first-order chi connectivity index (χ1) is 11.0. The molecule has 2 rings (SSSR count). The normalized spacial score (nSPS) is 10.3. The van der Waals surface area contributed by atoms with Gasteiger partial charge in [-0.25, -0.2) is 0 Å². The van der Waals surface area contributed by atoms with E-state index in [2.05, 4.69) is 11.4 Å². The fourth-order valence-electron chi connectivity index (χ4n) is 2.34. The predicted molar refractivity (Wildman–Crippen MR) is 93.3 cm³/mol. The van der Waals surface area contributed by atoms with E-state index in [1.807, 2.05) is 42.6 Å². The minimum Gasteiger partial charge on any atom is -0.354 e. The van der Waals surface area contributed by atoms with Crippen LogP contribution in [0.3, 0.4) is 0 Å². The zero-order chi connectivity index (χ0) is 16.7. The number of carbonyl (C=O) groups is 2. The maximum Gasteiger partial charge on any atom is 0.225 e. The van der Waals surface area contributed by atoms with Gasteiger partial charge < -0.3 is 10.2 Å². The topological polar surface area (TPSA) is 49.4 Å². The average molecular weight is 330 g/mol. The summed E-state index contributed by atoms with van der Waals surface area (Å²) in [5.74, 6) is 0.00511. The van der Waals surface area contributed by atoms with Crippen molar-refractivity contribution >= 4 is 23.2 Å². The Kier molecular flexibility index (Phi) is 6.35. The Labute approximate surface area is 141 Å². The van der Waals surface area contributed by atoms with Crippen LogP contribution in [0.5, 0.6) is 0 Å². The smallest absolute Gasteiger partial charge is 0.225 e. The molecule has 122 valence electrons. The summed E-state index contributed by atoms with van der Waals surface area (Å²) in [6, 6.07) is 12.0. The molecule has 0 spiro atoms. The Morgan fingerprint density at radius 2 is 2.04 bits per heavy atom. The summed E-state index contributed by atoms with van der Waals surface area (Å²) in [6.07, 6.45) is 0.398. The van der Waals surface area contributed by atoms with Crippen LogP contribution in [0.4, 0.5) is 0 Å². The van der Waals surface area contributed by atoms with Gasteiger partial charge in [-0.15, -0.1) is 11.3 Å². The van der Waals surface area contributed by atoms with Crippen LogP contribution >= 0.6 is 11.3 Å².